The summed E-state index contributed by atoms with van der Waals surface area (Å²) < 4.78 is 26.5. The average molecular weight is 333 g/mol. The number of anilines is 1. The zero-order valence-electron chi connectivity index (χ0n) is 12.5. The van der Waals surface area contributed by atoms with Gasteiger partial charge in [0.15, 0.2) is 0 Å². The van der Waals surface area contributed by atoms with Crippen molar-refractivity contribution in [2.75, 3.05) is 23.4 Å². The highest BCUT2D eigenvalue weighted by molar-refractivity contribution is 7.92. The van der Waals surface area contributed by atoms with E-state index in [2.05, 4.69) is 4.72 Å². The van der Waals surface area contributed by atoms with Gasteiger partial charge in [0, 0.05) is 32.1 Å². The van der Waals surface area contributed by atoms with E-state index >= 15 is 0 Å². The molecule has 0 aromatic heterocycles. The minimum absolute atomic E-state index is 0.0198. The van der Waals surface area contributed by atoms with Crippen LogP contribution in [-0.2, 0) is 21.4 Å². The van der Waals surface area contributed by atoms with Crippen LogP contribution in [0.1, 0.15) is 19.4 Å². The molecular weight excluding hydrogens is 312 g/mol. The van der Waals surface area contributed by atoms with Crippen LogP contribution in [0.2, 0.25) is 0 Å². The van der Waals surface area contributed by atoms with E-state index in [0.29, 0.717) is 18.1 Å². The van der Waals surface area contributed by atoms with Gasteiger partial charge in [-0.2, -0.15) is 0 Å². The van der Waals surface area contributed by atoms with Gasteiger partial charge >= 0.3 is 0 Å². The smallest absolute Gasteiger partial charge is 0.233 e. The molecule has 7 heteroatoms. The minimum Gasteiger partial charge on any atom is -0.342 e. The number of sulfonamides is 1. The van der Waals surface area contributed by atoms with Crippen molar-refractivity contribution in [3.8, 4) is 0 Å². The summed E-state index contributed by atoms with van der Waals surface area (Å²) in [5.74, 6) is 0.117. The number of benzene rings is 1. The molecule has 1 aromatic carbocycles. The molecule has 0 saturated carbocycles. The Morgan fingerprint density at radius 2 is 2.10 bits per heavy atom. The standard InChI is InChI=1S/C14H21ClN2O3S/c1-11(8-15)10-21(19,20)16-14-6-4-5-13(7-14)9-17(3)12(2)18/h4-7,11,16H,8-10H2,1-3H3. The summed E-state index contributed by atoms with van der Waals surface area (Å²) in [4.78, 5) is 12.8. The van der Waals surface area contributed by atoms with E-state index in [1.807, 2.05) is 6.07 Å². The van der Waals surface area contributed by atoms with Crippen LogP contribution in [0.5, 0.6) is 0 Å². The second-order valence-electron chi connectivity index (χ2n) is 5.22. The number of halogens is 1. The number of nitrogens with zero attached hydrogens (tertiary/aromatic N) is 1. The number of rotatable bonds is 7. The molecule has 1 amide bonds. The molecule has 118 valence electrons. The van der Waals surface area contributed by atoms with Gasteiger partial charge in [-0.05, 0) is 23.6 Å². The monoisotopic (exact) mass is 332 g/mol. The molecule has 1 rings (SSSR count). The molecule has 1 atom stereocenters. The Kier molecular flexibility index (Phi) is 6.48. The fraction of sp³-hybridized carbons (Fsp3) is 0.500. The lowest BCUT2D eigenvalue weighted by molar-refractivity contribution is -0.128. The Hall–Kier alpha value is -1.27. The van der Waals surface area contributed by atoms with Gasteiger partial charge in [-0.25, -0.2) is 8.42 Å². The van der Waals surface area contributed by atoms with Gasteiger partial charge in [-0.1, -0.05) is 19.1 Å². The Bertz CT molecular complexity index is 590. The van der Waals surface area contributed by atoms with Crippen LogP contribution in [-0.4, -0.2) is 37.9 Å². The number of alkyl halides is 1. The molecule has 1 aromatic rings. The fourth-order valence-corrected chi connectivity index (χ4v) is 3.43. The fourth-order valence-electron chi connectivity index (χ4n) is 1.76. The zero-order valence-corrected chi connectivity index (χ0v) is 14.0. The van der Waals surface area contributed by atoms with Crippen molar-refractivity contribution in [1.29, 1.82) is 0 Å². The summed E-state index contributed by atoms with van der Waals surface area (Å²) in [6.45, 7) is 3.70. The van der Waals surface area contributed by atoms with Gasteiger partial charge in [0.2, 0.25) is 15.9 Å². The van der Waals surface area contributed by atoms with Crippen LogP contribution in [0.4, 0.5) is 5.69 Å². The van der Waals surface area contributed by atoms with Crippen molar-refractivity contribution in [1.82, 2.24) is 4.90 Å². The van der Waals surface area contributed by atoms with E-state index in [1.165, 1.54) is 6.92 Å². The molecule has 21 heavy (non-hydrogen) atoms. The second-order valence-corrected chi connectivity index (χ2v) is 7.29. The summed E-state index contributed by atoms with van der Waals surface area (Å²) in [7, 11) is -1.73. The van der Waals surface area contributed by atoms with E-state index in [1.54, 1.807) is 37.1 Å². The van der Waals surface area contributed by atoms with Crippen LogP contribution in [0.3, 0.4) is 0 Å². The van der Waals surface area contributed by atoms with Crippen LogP contribution < -0.4 is 4.72 Å². The summed E-state index contributed by atoms with van der Waals surface area (Å²) in [5.41, 5.74) is 1.35. The molecule has 1 unspecified atom stereocenters. The summed E-state index contributed by atoms with van der Waals surface area (Å²) in [6.07, 6.45) is 0. The molecule has 0 saturated heterocycles. The van der Waals surface area contributed by atoms with Gasteiger partial charge < -0.3 is 4.90 Å². The average Bonchev–Trinajstić information content (AvgIpc) is 2.37. The molecule has 0 fully saturated rings. The lowest BCUT2D eigenvalue weighted by Gasteiger charge is -2.16. The van der Waals surface area contributed by atoms with Crippen molar-refractivity contribution in [3.63, 3.8) is 0 Å². The van der Waals surface area contributed by atoms with E-state index in [9.17, 15) is 13.2 Å². The molecule has 0 aliphatic rings. The van der Waals surface area contributed by atoms with E-state index < -0.39 is 10.0 Å². The molecule has 5 nitrogen and oxygen atoms in total. The molecule has 0 radical (unpaired) electrons. The summed E-state index contributed by atoms with van der Waals surface area (Å²) >= 11 is 5.64. The van der Waals surface area contributed by atoms with Crippen molar-refractivity contribution in [2.45, 2.75) is 20.4 Å². The molecule has 1 N–H and O–H groups in total. The first-order chi connectivity index (χ1) is 9.73. The maximum atomic E-state index is 12.0. The third kappa shape index (κ3) is 6.35. The minimum atomic E-state index is -3.42. The number of amides is 1. The highest BCUT2D eigenvalue weighted by atomic mass is 35.5. The third-order valence-corrected chi connectivity index (χ3v) is 5.01. The first-order valence-electron chi connectivity index (χ1n) is 6.60. The predicted octanol–water partition coefficient (Wildman–Crippen LogP) is 2.28. The number of carbonyl (C=O) groups is 1. The van der Waals surface area contributed by atoms with Gasteiger partial charge in [0.25, 0.3) is 0 Å². The highest BCUT2D eigenvalue weighted by Gasteiger charge is 2.15. The molecular formula is C14H21ClN2O3S. The van der Waals surface area contributed by atoms with Crippen molar-refractivity contribution in [2.24, 2.45) is 5.92 Å². The Labute approximate surface area is 131 Å². The maximum absolute atomic E-state index is 12.0. The molecule has 0 heterocycles. The number of carbonyl (C=O) groups excluding carboxylic acids is 1. The van der Waals surface area contributed by atoms with Crippen molar-refractivity contribution < 1.29 is 13.2 Å². The lowest BCUT2D eigenvalue weighted by atomic mass is 10.2. The first kappa shape index (κ1) is 17.8. The van der Waals surface area contributed by atoms with Crippen LogP contribution in [0, 0.1) is 5.92 Å². The van der Waals surface area contributed by atoms with Crippen LogP contribution in [0.25, 0.3) is 0 Å². The summed E-state index contributed by atoms with van der Waals surface area (Å²) in [5, 5.41) is 0. The van der Waals surface area contributed by atoms with Crippen molar-refractivity contribution >= 4 is 33.2 Å². The quantitative estimate of drug-likeness (QED) is 0.779. The Morgan fingerprint density at radius 1 is 1.43 bits per heavy atom. The Morgan fingerprint density at radius 3 is 2.67 bits per heavy atom. The molecule has 0 aliphatic carbocycles. The molecule has 0 bridgehead atoms. The number of hydrogen-bond acceptors (Lipinski definition) is 3. The van der Waals surface area contributed by atoms with E-state index in [4.69, 9.17) is 11.6 Å². The van der Waals surface area contributed by atoms with E-state index in [0.717, 1.165) is 5.56 Å². The van der Waals surface area contributed by atoms with Gasteiger partial charge in [0.1, 0.15) is 0 Å². The third-order valence-electron chi connectivity index (χ3n) is 2.92. The van der Waals surface area contributed by atoms with Gasteiger partial charge in [-0.3, -0.25) is 9.52 Å². The van der Waals surface area contributed by atoms with Gasteiger partial charge in [-0.15, -0.1) is 11.6 Å². The SMILES string of the molecule is CC(=O)N(C)Cc1cccc(NS(=O)(=O)CC(C)CCl)c1. The van der Waals surface area contributed by atoms with Crippen LogP contribution in [0.15, 0.2) is 24.3 Å². The van der Waals surface area contributed by atoms with Crippen LogP contribution >= 0.6 is 11.6 Å². The topological polar surface area (TPSA) is 66.5 Å². The van der Waals surface area contributed by atoms with Gasteiger partial charge in [0.05, 0.1) is 5.75 Å². The normalized spacial score (nSPS) is 12.8. The largest absolute Gasteiger partial charge is 0.342 e. The highest BCUT2D eigenvalue weighted by Crippen LogP contribution is 2.15. The number of hydrogen-bond donors (Lipinski definition) is 1. The first-order valence-corrected chi connectivity index (χ1v) is 8.79. The summed E-state index contributed by atoms with van der Waals surface area (Å²) in [6, 6.07) is 7.01. The maximum Gasteiger partial charge on any atom is 0.233 e. The van der Waals surface area contributed by atoms with Crippen molar-refractivity contribution in [3.05, 3.63) is 29.8 Å². The number of nitrogens with one attached hydrogen (secondary N) is 1. The lowest BCUT2D eigenvalue weighted by Crippen LogP contribution is -2.24. The second kappa shape index (κ2) is 7.66. The van der Waals surface area contributed by atoms with E-state index in [-0.39, 0.29) is 17.6 Å². The molecule has 0 aliphatic heterocycles. The Balaban J connectivity index is 2.79. The zero-order chi connectivity index (χ0) is 16.0. The molecule has 0 spiro atoms. The predicted molar refractivity (Wildman–Crippen MR) is 85.9 cm³/mol.